The van der Waals surface area contributed by atoms with Gasteiger partial charge in [0.25, 0.3) is 0 Å². The molecule has 21 heavy (non-hydrogen) atoms. The maximum atomic E-state index is 13.9. The number of benzene rings is 2. The first-order valence-electron chi connectivity index (χ1n) is 5.84. The normalized spacial score (nSPS) is 12.5. The molecule has 0 aromatic heterocycles. The fourth-order valence-electron chi connectivity index (χ4n) is 1.88. The van der Waals surface area contributed by atoms with Gasteiger partial charge in [0.05, 0.1) is 10.5 Å². The van der Waals surface area contributed by atoms with Gasteiger partial charge in [-0.1, -0.05) is 18.2 Å². The van der Waals surface area contributed by atoms with E-state index in [9.17, 15) is 17.6 Å². The highest BCUT2D eigenvalue weighted by Crippen LogP contribution is 2.32. The van der Waals surface area contributed by atoms with Gasteiger partial charge in [0, 0.05) is 11.1 Å². The Hall–Kier alpha value is -1.60. The molecule has 1 unspecified atom stereocenters. The van der Waals surface area contributed by atoms with Gasteiger partial charge >= 0.3 is 6.61 Å². The van der Waals surface area contributed by atoms with Gasteiger partial charge in [0.2, 0.25) is 0 Å². The molecule has 0 fully saturated rings. The van der Waals surface area contributed by atoms with Gasteiger partial charge in [-0.05, 0) is 34.1 Å². The van der Waals surface area contributed by atoms with Crippen molar-refractivity contribution >= 4 is 15.9 Å². The van der Waals surface area contributed by atoms with Crippen molar-refractivity contribution in [2.24, 2.45) is 5.73 Å². The summed E-state index contributed by atoms with van der Waals surface area (Å²) in [4.78, 5) is 0. The van der Waals surface area contributed by atoms with Crippen LogP contribution in [0.5, 0.6) is 5.75 Å². The standard InChI is InChI=1S/C14H10BrF4NO/c15-9-6-10(16)8(5-11(9)17)13(20)7-3-1-2-4-12(7)21-14(18)19/h1-6,13-14H,20H2. The highest BCUT2D eigenvalue weighted by atomic mass is 79.9. The summed E-state index contributed by atoms with van der Waals surface area (Å²) >= 11 is 2.85. The Kier molecular flexibility index (Phi) is 4.84. The molecule has 112 valence electrons. The highest BCUT2D eigenvalue weighted by Gasteiger charge is 2.20. The molecule has 1 atom stereocenters. The molecule has 2 nitrogen and oxygen atoms in total. The molecule has 2 N–H and O–H groups in total. The first-order chi connectivity index (χ1) is 9.90. The van der Waals surface area contributed by atoms with Crippen LogP contribution in [-0.4, -0.2) is 6.61 Å². The van der Waals surface area contributed by atoms with E-state index in [2.05, 4.69) is 20.7 Å². The Morgan fingerprint density at radius 2 is 1.67 bits per heavy atom. The van der Waals surface area contributed by atoms with E-state index in [4.69, 9.17) is 5.73 Å². The smallest absolute Gasteiger partial charge is 0.387 e. The Morgan fingerprint density at radius 3 is 2.33 bits per heavy atom. The van der Waals surface area contributed by atoms with E-state index in [0.717, 1.165) is 12.1 Å². The number of para-hydroxylation sites is 1. The second kappa shape index (κ2) is 6.44. The van der Waals surface area contributed by atoms with Gasteiger partial charge in [-0.3, -0.25) is 0 Å². The molecule has 0 saturated carbocycles. The Bertz CT molecular complexity index is 651. The molecule has 2 aromatic carbocycles. The van der Waals surface area contributed by atoms with Gasteiger partial charge in [-0.15, -0.1) is 0 Å². The number of ether oxygens (including phenoxy) is 1. The predicted molar refractivity (Wildman–Crippen MR) is 73.2 cm³/mol. The largest absolute Gasteiger partial charge is 0.434 e. The van der Waals surface area contributed by atoms with E-state index in [1.807, 2.05) is 0 Å². The van der Waals surface area contributed by atoms with Crippen LogP contribution in [0.2, 0.25) is 0 Å². The van der Waals surface area contributed by atoms with Gasteiger partial charge in [0.15, 0.2) is 0 Å². The third-order valence-electron chi connectivity index (χ3n) is 2.84. The summed E-state index contributed by atoms with van der Waals surface area (Å²) in [5.74, 6) is -1.63. The molecule has 0 spiro atoms. The minimum atomic E-state index is -3.04. The van der Waals surface area contributed by atoms with E-state index >= 15 is 0 Å². The maximum absolute atomic E-state index is 13.9. The van der Waals surface area contributed by atoms with Crippen LogP contribution in [0.3, 0.4) is 0 Å². The van der Waals surface area contributed by atoms with Crippen molar-refractivity contribution in [3.8, 4) is 5.75 Å². The third-order valence-corrected chi connectivity index (χ3v) is 3.45. The van der Waals surface area contributed by atoms with Gasteiger partial charge in [-0.25, -0.2) is 8.78 Å². The third kappa shape index (κ3) is 3.54. The second-order valence-electron chi connectivity index (χ2n) is 4.18. The molecule has 0 amide bonds. The minimum Gasteiger partial charge on any atom is -0.434 e. The lowest BCUT2D eigenvalue weighted by Crippen LogP contribution is -2.16. The molecule has 2 rings (SSSR count). The van der Waals surface area contributed by atoms with E-state index in [1.165, 1.54) is 18.2 Å². The Labute approximate surface area is 126 Å². The quantitative estimate of drug-likeness (QED) is 0.646. The summed E-state index contributed by atoms with van der Waals surface area (Å²) < 4.78 is 56.4. The van der Waals surface area contributed by atoms with Crippen molar-refractivity contribution in [2.75, 3.05) is 0 Å². The molecule has 2 aromatic rings. The van der Waals surface area contributed by atoms with Crippen LogP contribution in [0.4, 0.5) is 17.6 Å². The van der Waals surface area contributed by atoms with Gasteiger partial charge in [-0.2, -0.15) is 8.78 Å². The molecule has 0 aliphatic rings. The lowest BCUT2D eigenvalue weighted by atomic mass is 9.98. The average Bonchev–Trinajstić information content (AvgIpc) is 2.42. The summed E-state index contributed by atoms with van der Waals surface area (Å²) in [7, 11) is 0. The van der Waals surface area contributed by atoms with E-state index in [0.29, 0.717) is 0 Å². The van der Waals surface area contributed by atoms with Crippen molar-refractivity contribution < 1.29 is 22.3 Å². The summed E-state index contributed by atoms with van der Waals surface area (Å²) in [5, 5.41) is 0. The Morgan fingerprint density at radius 1 is 1.00 bits per heavy atom. The molecule has 0 bridgehead atoms. The first kappa shape index (κ1) is 15.8. The zero-order valence-corrected chi connectivity index (χ0v) is 12.1. The van der Waals surface area contributed by atoms with E-state index < -0.39 is 24.3 Å². The van der Waals surface area contributed by atoms with Crippen LogP contribution in [0.25, 0.3) is 0 Å². The van der Waals surface area contributed by atoms with Gasteiger partial charge < -0.3 is 10.5 Å². The SMILES string of the molecule is NC(c1cc(F)c(Br)cc1F)c1ccccc1OC(F)F. The molecule has 0 radical (unpaired) electrons. The summed E-state index contributed by atoms with van der Waals surface area (Å²) in [5.41, 5.74) is 5.85. The zero-order valence-electron chi connectivity index (χ0n) is 10.5. The number of alkyl halides is 2. The van der Waals surface area contributed by atoms with Crippen LogP contribution in [0.1, 0.15) is 17.2 Å². The maximum Gasteiger partial charge on any atom is 0.387 e. The summed E-state index contributed by atoms with van der Waals surface area (Å²) in [6.07, 6.45) is 0. The number of rotatable bonds is 4. The van der Waals surface area contributed by atoms with Crippen molar-refractivity contribution in [1.29, 1.82) is 0 Å². The van der Waals surface area contributed by atoms with Crippen LogP contribution < -0.4 is 10.5 Å². The van der Waals surface area contributed by atoms with Crippen LogP contribution >= 0.6 is 15.9 Å². The number of halogens is 5. The molecular formula is C14H10BrF4NO. The van der Waals surface area contributed by atoms with Crippen molar-refractivity contribution in [1.82, 2.24) is 0 Å². The number of hydrogen-bond donors (Lipinski definition) is 1. The molecule has 7 heteroatoms. The van der Waals surface area contributed by atoms with E-state index in [1.54, 1.807) is 6.07 Å². The molecule has 0 heterocycles. The highest BCUT2D eigenvalue weighted by molar-refractivity contribution is 9.10. The summed E-state index contributed by atoms with van der Waals surface area (Å²) in [6.45, 7) is -3.04. The van der Waals surface area contributed by atoms with Crippen molar-refractivity contribution in [3.05, 3.63) is 63.6 Å². The fraction of sp³-hybridized carbons (Fsp3) is 0.143. The van der Waals surface area contributed by atoms with Crippen molar-refractivity contribution in [3.63, 3.8) is 0 Å². The second-order valence-corrected chi connectivity index (χ2v) is 5.04. The topological polar surface area (TPSA) is 35.2 Å². The lowest BCUT2D eigenvalue weighted by molar-refractivity contribution is -0.0505. The summed E-state index contributed by atoms with van der Waals surface area (Å²) in [6, 6.07) is 6.44. The van der Waals surface area contributed by atoms with Crippen LogP contribution in [0.15, 0.2) is 40.9 Å². The minimum absolute atomic E-state index is 0.0481. The fourth-order valence-corrected chi connectivity index (χ4v) is 2.20. The van der Waals surface area contributed by atoms with E-state index in [-0.39, 0.29) is 21.3 Å². The van der Waals surface area contributed by atoms with Gasteiger partial charge in [0.1, 0.15) is 17.4 Å². The lowest BCUT2D eigenvalue weighted by Gasteiger charge is -2.18. The molecule has 0 saturated heterocycles. The average molecular weight is 364 g/mol. The molecule has 0 aliphatic heterocycles. The monoisotopic (exact) mass is 363 g/mol. The molecular weight excluding hydrogens is 354 g/mol. The van der Waals surface area contributed by atoms with Crippen molar-refractivity contribution in [2.45, 2.75) is 12.7 Å². The Balaban J connectivity index is 2.45. The first-order valence-corrected chi connectivity index (χ1v) is 6.63. The zero-order chi connectivity index (χ0) is 15.6. The number of nitrogens with two attached hydrogens (primary N) is 1. The van der Waals surface area contributed by atoms with Crippen LogP contribution in [0, 0.1) is 11.6 Å². The van der Waals surface area contributed by atoms with Crippen LogP contribution in [-0.2, 0) is 0 Å². The predicted octanol–water partition coefficient (Wildman–Crippen LogP) is 4.38. The number of hydrogen-bond acceptors (Lipinski definition) is 2. The molecule has 0 aliphatic carbocycles.